The molecule has 16 heteroatoms. The Kier molecular flexibility index (Phi) is 6.73. The number of nitrogen functional groups attached to an aromatic ring is 1. The molecule has 0 aliphatic rings. The summed E-state index contributed by atoms with van der Waals surface area (Å²) in [4.78, 5) is 20.4. The number of methoxy groups -OCH3 is 1. The van der Waals surface area contributed by atoms with Crippen molar-refractivity contribution in [2.24, 2.45) is 0 Å². The summed E-state index contributed by atoms with van der Waals surface area (Å²) >= 11 is 0. The molecule has 0 spiro atoms. The fourth-order valence-corrected chi connectivity index (χ4v) is 3.56. The first-order chi connectivity index (χ1) is 17.8. The number of nitrogens with zero attached hydrogens (tertiary/aromatic N) is 4. The van der Waals surface area contributed by atoms with Gasteiger partial charge in [0.25, 0.3) is 5.91 Å². The molecule has 1 amide bonds. The van der Waals surface area contributed by atoms with Gasteiger partial charge in [0.15, 0.2) is 5.82 Å². The Hall–Kier alpha value is -4.63. The van der Waals surface area contributed by atoms with E-state index in [1.807, 2.05) is 0 Å². The Balaban J connectivity index is 1.68. The number of fused-ring (bicyclic) bond motifs is 1. The highest BCUT2D eigenvalue weighted by molar-refractivity contribution is 5.97. The molecule has 0 atom stereocenters. The third kappa shape index (κ3) is 5.37. The molecule has 1 aromatic carbocycles. The molecule has 0 unspecified atom stereocenters. The number of ether oxygens (including phenoxy) is 2. The lowest BCUT2D eigenvalue weighted by Crippen LogP contribution is -2.24. The third-order valence-electron chi connectivity index (χ3n) is 5.16. The largest absolute Gasteiger partial charge is 0.573 e. The number of nitrogens with two attached hydrogens (primary N) is 1. The summed E-state index contributed by atoms with van der Waals surface area (Å²) in [5.41, 5.74) is 3.30. The minimum Gasteiger partial charge on any atom is -0.480 e. The summed E-state index contributed by atoms with van der Waals surface area (Å²) in [6.45, 7) is -0.566. The number of amides is 1. The maximum Gasteiger partial charge on any atom is 0.573 e. The van der Waals surface area contributed by atoms with E-state index < -0.39 is 53.5 Å². The summed E-state index contributed by atoms with van der Waals surface area (Å²) in [7, 11) is 1.18. The predicted octanol–water partition coefficient (Wildman–Crippen LogP) is 4.37. The van der Waals surface area contributed by atoms with Crippen molar-refractivity contribution in [3.05, 3.63) is 65.4 Å². The van der Waals surface area contributed by atoms with Crippen molar-refractivity contribution in [1.29, 1.82) is 0 Å². The first-order valence-corrected chi connectivity index (χ1v) is 10.3. The molecule has 0 bridgehead atoms. The van der Waals surface area contributed by atoms with Gasteiger partial charge >= 0.3 is 12.5 Å². The van der Waals surface area contributed by atoms with Crippen molar-refractivity contribution in [2.45, 2.75) is 19.1 Å². The second kappa shape index (κ2) is 9.68. The van der Waals surface area contributed by atoms with E-state index in [9.17, 15) is 35.5 Å². The molecule has 3 aromatic heterocycles. The van der Waals surface area contributed by atoms with Crippen LogP contribution in [0.15, 0.2) is 42.9 Å². The van der Waals surface area contributed by atoms with Gasteiger partial charge in [0.1, 0.15) is 29.0 Å². The third-order valence-corrected chi connectivity index (χ3v) is 5.16. The van der Waals surface area contributed by atoms with Crippen LogP contribution in [0.3, 0.4) is 0 Å². The molecular formula is C22H15F7N6O3. The van der Waals surface area contributed by atoms with Gasteiger partial charge in [-0.25, -0.2) is 18.9 Å². The van der Waals surface area contributed by atoms with Crippen molar-refractivity contribution in [2.75, 3.05) is 12.8 Å². The topological polar surface area (TPSA) is 117 Å². The number of benzene rings is 1. The number of hydrogen-bond acceptors (Lipinski definition) is 7. The van der Waals surface area contributed by atoms with Crippen molar-refractivity contribution in [1.82, 2.24) is 24.9 Å². The average Bonchev–Trinajstić information content (AvgIpc) is 3.24. The SMILES string of the molecule is COc1ncc(-c2cc(C(F)(F)F)c3c(N)ncnn23)cc1C(=O)NCc1cc(OC(F)(F)F)ccc1F. The van der Waals surface area contributed by atoms with Gasteiger partial charge < -0.3 is 20.5 Å². The zero-order chi connectivity index (χ0) is 27.8. The van der Waals surface area contributed by atoms with Crippen molar-refractivity contribution < 1.29 is 45.0 Å². The summed E-state index contributed by atoms with van der Waals surface area (Å²) in [6.07, 6.45) is -7.74. The maximum atomic E-state index is 14.1. The van der Waals surface area contributed by atoms with Crippen molar-refractivity contribution in [3.63, 3.8) is 0 Å². The summed E-state index contributed by atoms with van der Waals surface area (Å²) < 4.78 is 102. The lowest BCUT2D eigenvalue weighted by Gasteiger charge is -2.13. The molecule has 0 radical (unpaired) electrons. The van der Waals surface area contributed by atoms with E-state index in [-0.39, 0.29) is 28.3 Å². The first-order valence-electron chi connectivity index (χ1n) is 10.3. The number of alkyl halides is 6. The molecule has 0 saturated carbocycles. The van der Waals surface area contributed by atoms with E-state index in [0.29, 0.717) is 0 Å². The average molecular weight is 544 g/mol. The summed E-state index contributed by atoms with van der Waals surface area (Å²) in [6, 6.07) is 4.16. The number of aromatic nitrogens is 4. The number of rotatable bonds is 6. The molecule has 4 rings (SSSR count). The molecule has 0 fully saturated rings. The van der Waals surface area contributed by atoms with Crippen LogP contribution in [0.5, 0.6) is 11.6 Å². The molecular weight excluding hydrogens is 529 g/mol. The number of anilines is 1. The highest BCUT2D eigenvalue weighted by atomic mass is 19.4. The second-order valence-electron chi connectivity index (χ2n) is 7.61. The van der Waals surface area contributed by atoms with Crippen molar-refractivity contribution in [3.8, 4) is 22.9 Å². The van der Waals surface area contributed by atoms with Crippen LogP contribution in [0.25, 0.3) is 16.8 Å². The summed E-state index contributed by atoms with van der Waals surface area (Å²) in [5.74, 6) is -3.20. The number of pyridine rings is 1. The minimum absolute atomic E-state index is 0.00584. The van der Waals surface area contributed by atoms with Crippen LogP contribution in [0.4, 0.5) is 36.6 Å². The Labute approximate surface area is 208 Å². The number of carbonyl (C=O) groups is 1. The highest BCUT2D eigenvalue weighted by Crippen LogP contribution is 2.39. The van der Waals surface area contributed by atoms with Gasteiger partial charge in [-0.2, -0.15) is 18.3 Å². The quantitative estimate of drug-likeness (QED) is 0.347. The molecule has 200 valence electrons. The predicted molar refractivity (Wildman–Crippen MR) is 116 cm³/mol. The molecule has 38 heavy (non-hydrogen) atoms. The fourth-order valence-electron chi connectivity index (χ4n) is 3.56. The number of halogens is 7. The van der Waals surface area contributed by atoms with Gasteiger partial charge in [0.2, 0.25) is 5.88 Å². The van der Waals surface area contributed by atoms with E-state index in [4.69, 9.17) is 10.5 Å². The molecule has 9 nitrogen and oxygen atoms in total. The highest BCUT2D eigenvalue weighted by Gasteiger charge is 2.37. The first kappa shape index (κ1) is 26.4. The normalized spacial score (nSPS) is 12.0. The number of nitrogens with one attached hydrogen (secondary N) is 1. The van der Waals surface area contributed by atoms with Crippen LogP contribution in [0, 0.1) is 5.82 Å². The lowest BCUT2D eigenvalue weighted by atomic mass is 10.1. The van der Waals surface area contributed by atoms with Crippen LogP contribution in [-0.4, -0.2) is 39.0 Å². The Morgan fingerprint density at radius 1 is 1.11 bits per heavy atom. The second-order valence-corrected chi connectivity index (χ2v) is 7.61. The van der Waals surface area contributed by atoms with Gasteiger partial charge in [0, 0.05) is 23.9 Å². The van der Waals surface area contributed by atoms with Gasteiger partial charge in [0.05, 0.1) is 18.4 Å². The van der Waals surface area contributed by atoms with Crippen LogP contribution in [0.1, 0.15) is 21.5 Å². The van der Waals surface area contributed by atoms with Crippen LogP contribution < -0.4 is 20.5 Å². The molecule has 3 heterocycles. The number of carbonyl (C=O) groups excluding carboxylic acids is 1. The minimum atomic E-state index is -5.01. The zero-order valence-electron chi connectivity index (χ0n) is 19.0. The van der Waals surface area contributed by atoms with Gasteiger partial charge in [-0.1, -0.05) is 0 Å². The van der Waals surface area contributed by atoms with E-state index >= 15 is 0 Å². The van der Waals surface area contributed by atoms with Gasteiger partial charge in [-0.05, 0) is 30.3 Å². The summed E-state index contributed by atoms with van der Waals surface area (Å²) in [5, 5.41) is 6.13. The molecule has 3 N–H and O–H groups in total. The smallest absolute Gasteiger partial charge is 0.480 e. The van der Waals surface area contributed by atoms with Crippen LogP contribution in [0.2, 0.25) is 0 Å². The van der Waals surface area contributed by atoms with E-state index in [1.54, 1.807) is 0 Å². The van der Waals surface area contributed by atoms with Gasteiger partial charge in [-0.15, -0.1) is 13.2 Å². The molecule has 0 aliphatic carbocycles. The lowest BCUT2D eigenvalue weighted by molar-refractivity contribution is -0.274. The van der Waals surface area contributed by atoms with E-state index in [2.05, 4.69) is 25.1 Å². The van der Waals surface area contributed by atoms with Crippen LogP contribution in [-0.2, 0) is 12.7 Å². The molecule has 0 aliphatic heterocycles. The molecule has 4 aromatic rings. The Bertz CT molecular complexity index is 1520. The zero-order valence-corrected chi connectivity index (χ0v) is 19.0. The van der Waals surface area contributed by atoms with E-state index in [1.165, 1.54) is 7.11 Å². The standard InChI is InChI=1S/C22H15F7N6O3/c1-37-20-13(19(36)31-7-10-4-12(2-3-15(10)23)38-22(27,28)29)5-11(8-32-20)16-6-14(21(24,25)26)17-18(30)33-9-34-35(16)17/h2-6,8-9H,7H2,1H3,(H,31,36)(H2,30,33,34). The van der Waals surface area contributed by atoms with Crippen LogP contribution >= 0.6 is 0 Å². The van der Waals surface area contributed by atoms with E-state index in [0.717, 1.165) is 47.4 Å². The number of hydrogen-bond donors (Lipinski definition) is 2. The Morgan fingerprint density at radius 3 is 2.50 bits per heavy atom. The maximum absolute atomic E-state index is 14.1. The van der Waals surface area contributed by atoms with Gasteiger partial charge in [-0.3, -0.25) is 4.79 Å². The monoisotopic (exact) mass is 544 g/mol. The Morgan fingerprint density at radius 2 is 1.84 bits per heavy atom. The van der Waals surface area contributed by atoms with Crippen molar-refractivity contribution >= 4 is 17.2 Å². The molecule has 0 saturated heterocycles. The fraction of sp³-hybridized carbons (Fsp3) is 0.182.